The minimum atomic E-state index is -1.23. The van der Waals surface area contributed by atoms with E-state index in [0.29, 0.717) is 0 Å². The third-order valence-corrected chi connectivity index (χ3v) is 5.20. The summed E-state index contributed by atoms with van der Waals surface area (Å²) in [6, 6.07) is 0. The Labute approximate surface area is 90.2 Å². The Hall–Kier alpha value is 0.137. The molecule has 0 spiro atoms. The van der Waals surface area contributed by atoms with Gasteiger partial charge < -0.3 is 9.88 Å². The maximum absolute atomic E-state index is 3.82. The largest absolute Gasteiger partial charge is 0.332 e. The number of hydrogen-bond acceptors (Lipinski definition) is 2. The zero-order valence-corrected chi connectivity index (χ0v) is 11.5. The summed E-state index contributed by atoms with van der Waals surface area (Å²) in [5.74, 6) is 0. The molecule has 84 valence electrons. The molecule has 0 aromatic carbocycles. The number of hydrogen-bond donors (Lipinski definition) is 1. The molecule has 0 unspecified atom stereocenters. The Morgan fingerprint density at radius 3 is 2.07 bits per heavy atom. The van der Waals surface area contributed by atoms with Gasteiger partial charge in [-0.2, -0.15) is 0 Å². The van der Waals surface area contributed by atoms with Crippen molar-refractivity contribution in [3.8, 4) is 0 Å². The van der Waals surface area contributed by atoms with Crippen molar-refractivity contribution in [3.63, 3.8) is 0 Å². The fourth-order valence-corrected chi connectivity index (χ4v) is 6.10. The lowest BCUT2D eigenvalue weighted by Gasteiger charge is -2.35. The first-order valence-corrected chi connectivity index (χ1v) is 9.01. The van der Waals surface area contributed by atoms with E-state index in [2.05, 4.69) is 43.7 Å². The summed E-state index contributed by atoms with van der Waals surface area (Å²) in [5.41, 5.74) is 0.273. The highest BCUT2D eigenvalue weighted by molar-refractivity contribution is 6.75. The van der Waals surface area contributed by atoms with Crippen molar-refractivity contribution in [1.82, 2.24) is 9.88 Å². The van der Waals surface area contributed by atoms with Gasteiger partial charge in [0.05, 0.1) is 0 Å². The summed E-state index contributed by atoms with van der Waals surface area (Å²) < 4.78 is 0. The molecule has 1 saturated heterocycles. The van der Waals surface area contributed by atoms with Gasteiger partial charge in [-0.3, -0.25) is 0 Å². The molecule has 0 aliphatic carbocycles. The Kier molecular flexibility index (Phi) is 3.78. The van der Waals surface area contributed by atoms with Crippen molar-refractivity contribution in [2.75, 3.05) is 19.3 Å². The van der Waals surface area contributed by atoms with Crippen LogP contribution in [-0.2, 0) is 0 Å². The zero-order valence-electron chi connectivity index (χ0n) is 10.5. The van der Waals surface area contributed by atoms with Crippen LogP contribution in [0, 0.1) is 0 Å². The van der Waals surface area contributed by atoms with Crippen LogP contribution < -0.4 is 4.98 Å². The van der Waals surface area contributed by atoms with Crippen molar-refractivity contribution >= 4 is 8.24 Å². The van der Waals surface area contributed by atoms with Crippen LogP contribution in [-0.4, -0.2) is 37.9 Å². The van der Waals surface area contributed by atoms with E-state index in [1.807, 2.05) is 0 Å². The van der Waals surface area contributed by atoms with Crippen LogP contribution in [0.15, 0.2) is 0 Å². The number of likely N-dealkylation sites (tertiary alicyclic amines) is 1. The summed E-state index contributed by atoms with van der Waals surface area (Å²) in [7, 11) is -1.23. The van der Waals surface area contributed by atoms with E-state index in [0.717, 1.165) is 0 Å². The van der Waals surface area contributed by atoms with Crippen LogP contribution in [0.2, 0.25) is 13.1 Å². The Bertz CT molecular complexity index is 178. The van der Waals surface area contributed by atoms with Crippen molar-refractivity contribution in [2.24, 2.45) is 0 Å². The van der Waals surface area contributed by atoms with Gasteiger partial charge in [-0.25, -0.2) is 0 Å². The highest BCUT2D eigenvalue weighted by Crippen LogP contribution is 2.13. The minimum Gasteiger partial charge on any atom is -0.332 e. The molecular formula is C11H26N2Si. The van der Waals surface area contributed by atoms with Gasteiger partial charge in [0.1, 0.15) is 8.24 Å². The lowest BCUT2D eigenvalue weighted by molar-refractivity contribution is 0.380. The first-order chi connectivity index (χ1) is 6.29. The predicted molar refractivity (Wildman–Crippen MR) is 66.0 cm³/mol. The van der Waals surface area contributed by atoms with Gasteiger partial charge in [0.15, 0.2) is 0 Å². The van der Waals surface area contributed by atoms with Crippen molar-refractivity contribution in [1.29, 1.82) is 0 Å². The minimum absolute atomic E-state index is 0.273. The average molecular weight is 214 g/mol. The molecule has 2 nitrogen and oxygen atoms in total. The van der Waals surface area contributed by atoms with E-state index in [1.54, 1.807) is 0 Å². The summed E-state index contributed by atoms with van der Waals surface area (Å²) in [6.07, 6.45) is 4.12. The highest BCUT2D eigenvalue weighted by atomic mass is 28.3. The molecule has 1 N–H and O–H groups in total. The second kappa shape index (κ2) is 4.33. The van der Waals surface area contributed by atoms with Crippen LogP contribution in [0.25, 0.3) is 0 Å². The van der Waals surface area contributed by atoms with Crippen LogP contribution >= 0.6 is 0 Å². The van der Waals surface area contributed by atoms with Crippen molar-refractivity contribution < 1.29 is 0 Å². The van der Waals surface area contributed by atoms with Crippen LogP contribution in [0.3, 0.4) is 0 Å². The second-order valence-corrected chi connectivity index (χ2v) is 10.6. The molecule has 0 saturated carbocycles. The molecular weight excluding hydrogens is 188 g/mol. The Morgan fingerprint density at radius 2 is 1.64 bits per heavy atom. The lowest BCUT2D eigenvalue weighted by Crippen LogP contribution is -2.59. The van der Waals surface area contributed by atoms with Gasteiger partial charge in [0, 0.05) is 11.7 Å². The summed E-state index contributed by atoms with van der Waals surface area (Å²) in [6.45, 7) is 14.3. The monoisotopic (exact) mass is 214 g/mol. The summed E-state index contributed by atoms with van der Waals surface area (Å²) in [4.78, 5) is 6.45. The highest BCUT2D eigenvalue weighted by Gasteiger charge is 2.29. The van der Waals surface area contributed by atoms with Crippen LogP contribution in [0.1, 0.15) is 33.6 Å². The third-order valence-electron chi connectivity index (χ3n) is 2.53. The SMILES string of the molecule is CC(C)(C)N[Si](C)(C)CN1CCCC1. The molecule has 1 rings (SSSR count). The van der Waals surface area contributed by atoms with Gasteiger partial charge in [0.2, 0.25) is 0 Å². The Morgan fingerprint density at radius 1 is 1.14 bits per heavy atom. The van der Waals surface area contributed by atoms with E-state index < -0.39 is 8.24 Å². The van der Waals surface area contributed by atoms with E-state index in [4.69, 9.17) is 0 Å². The zero-order chi connectivity index (χ0) is 10.8. The maximum atomic E-state index is 3.82. The fourth-order valence-electron chi connectivity index (χ4n) is 2.55. The molecule has 0 aromatic heterocycles. The Balaban J connectivity index is 2.40. The second-order valence-electron chi connectivity index (χ2n) is 6.24. The molecule has 3 heteroatoms. The smallest absolute Gasteiger partial charge is 0.133 e. The molecule has 1 heterocycles. The predicted octanol–water partition coefficient (Wildman–Crippen LogP) is 2.21. The van der Waals surface area contributed by atoms with E-state index in [-0.39, 0.29) is 5.54 Å². The van der Waals surface area contributed by atoms with Gasteiger partial charge in [-0.05, 0) is 46.7 Å². The van der Waals surface area contributed by atoms with Gasteiger partial charge >= 0.3 is 0 Å². The van der Waals surface area contributed by atoms with Gasteiger partial charge in [-0.15, -0.1) is 0 Å². The van der Waals surface area contributed by atoms with Gasteiger partial charge in [0.25, 0.3) is 0 Å². The van der Waals surface area contributed by atoms with E-state index in [9.17, 15) is 0 Å². The van der Waals surface area contributed by atoms with Gasteiger partial charge in [-0.1, -0.05) is 13.1 Å². The molecule has 1 aliphatic rings. The van der Waals surface area contributed by atoms with E-state index >= 15 is 0 Å². The quantitative estimate of drug-likeness (QED) is 0.725. The third kappa shape index (κ3) is 4.58. The maximum Gasteiger partial charge on any atom is 0.133 e. The van der Waals surface area contributed by atoms with Crippen LogP contribution in [0.5, 0.6) is 0 Å². The average Bonchev–Trinajstić information content (AvgIpc) is 2.31. The van der Waals surface area contributed by atoms with E-state index in [1.165, 1.54) is 32.1 Å². The summed E-state index contributed by atoms with van der Waals surface area (Å²) >= 11 is 0. The first kappa shape index (κ1) is 12.2. The fraction of sp³-hybridized carbons (Fsp3) is 1.00. The molecule has 0 aromatic rings. The molecule has 0 bridgehead atoms. The van der Waals surface area contributed by atoms with Crippen molar-refractivity contribution in [2.45, 2.75) is 52.2 Å². The molecule has 1 aliphatic heterocycles. The van der Waals surface area contributed by atoms with Crippen molar-refractivity contribution in [3.05, 3.63) is 0 Å². The molecule has 0 amide bonds. The molecule has 0 radical (unpaired) electrons. The first-order valence-electron chi connectivity index (χ1n) is 5.80. The topological polar surface area (TPSA) is 15.3 Å². The lowest BCUT2D eigenvalue weighted by atomic mass is 10.1. The number of nitrogens with zero attached hydrogens (tertiary/aromatic N) is 1. The molecule has 0 atom stereocenters. The molecule has 1 fully saturated rings. The van der Waals surface area contributed by atoms with Crippen LogP contribution in [0.4, 0.5) is 0 Å². The standard InChI is InChI=1S/C11H26N2Si/c1-11(2,3)12-14(4,5)10-13-8-6-7-9-13/h12H,6-10H2,1-5H3. The normalized spacial score (nSPS) is 20.4. The number of nitrogens with one attached hydrogen (secondary N) is 1. The molecule has 14 heavy (non-hydrogen) atoms. The summed E-state index contributed by atoms with van der Waals surface area (Å²) in [5, 5.41) is 0. The number of rotatable bonds is 3.